The minimum atomic E-state index is -1.03. The third-order valence-corrected chi connectivity index (χ3v) is 8.15. The highest BCUT2D eigenvalue weighted by molar-refractivity contribution is 7.10. The lowest BCUT2D eigenvalue weighted by Gasteiger charge is -2.35. The molecule has 0 spiro atoms. The smallest absolute Gasteiger partial charge is 0.508 e. The molecule has 11 nitrogen and oxygen atoms in total. The Kier molecular flexibility index (Phi) is 10.1. The summed E-state index contributed by atoms with van der Waals surface area (Å²) >= 11 is 3.00. The first-order chi connectivity index (χ1) is 19.0. The topological polar surface area (TPSA) is 131 Å². The monoisotopic (exact) mass is 576 g/mol. The molecule has 208 valence electrons. The predicted octanol–water partition coefficient (Wildman–Crippen LogP) is 0.804. The second kappa shape index (κ2) is 13.9. The van der Waals surface area contributed by atoms with Gasteiger partial charge in [0.15, 0.2) is 0 Å². The van der Waals surface area contributed by atoms with Gasteiger partial charge in [0.1, 0.15) is 5.94 Å². The van der Waals surface area contributed by atoms with Crippen molar-refractivity contribution in [3.8, 4) is 0 Å². The minimum absolute atomic E-state index is 0.00112. The van der Waals surface area contributed by atoms with Gasteiger partial charge in [-0.05, 0) is 29.3 Å². The van der Waals surface area contributed by atoms with E-state index >= 15 is 0 Å². The van der Waals surface area contributed by atoms with Gasteiger partial charge in [0.25, 0.3) is 5.97 Å². The number of carbonyl (C=O) groups excluding carboxylic acids is 3. The lowest BCUT2D eigenvalue weighted by Crippen LogP contribution is -2.58. The SMILES string of the molecule is O=C(Cc1cccs1)NC1COCC2CC(=O)OB(O2)C(NC(=O)Cc2cccs2)COCC2CCOB1O2. The van der Waals surface area contributed by atoms with Crippen LogP contribution in [0.4, 0.5) is 0 Å². The van der Waals surface area contributed by atoms with Crippen molar-refractivity contribution < 1.29 is 42.5 Å². The van der Waals surface area contributed by atoms with Crippen LogP contribution in [0, 0.1) is 0 Å². The summed E-state index contributed by atoms with van der Waals surface area (Å²) in [6.07, 6.45) is 0.145. The number of hydrogen-bond donors (Lipinski definition) is 2. The maximum atomic E-state index is 12.7. The van der Waals surface area contributed by atoms with Gasteiger partial charge >= 0.3 is 14.2 Å². The largest absolute Gasteiger partial charge is 0.554 e. The normalized spacial score (nSPS) is 26.3. The fourth-order valence-corrected chi connectivity index (χ4v) is 5.95. The van der Waals surface area contributed by atoms with Gasteiger partial charge in [-0.2, -0.15) is 0 Å². The predicted molar refractivity (Wildman–Crippen MR) is 144 cm³/mol. The summed E-state index contributed by atoms with van der Waals surface area (Å²) in [6.45, 7) is 0.875. The Hall–Kier alpha value is -2.26. The molecule has 5 heterocycles. The second-order valence-electron chi connectivity index (χ2n) is 9.54. The fraction of sp³-hybridized carbons (Fsp3) is 0.542. The molecule has 2 aromatic rings. The highest BCUT2D eigenvalue weighted by Gasteiger charge is 2.43. The van der Waals surface area contributed by atoms with E-state index in [0.717, 1.165) is 9.75 Å². The van der Waals surface area contributed by atoms with Crippen LogP contribution in [0.5, 0.6) is 0 Å². The van der Waals surface area contributed by atoms with Gasteiger partial charge in [0.2, 0.25) is 11.8 Å². The molecule has 2 amide bonds. The number of rotatable bonds is 6. The van der Waals surface area contributed by atoms with E-state index in [1.54, 1.807) is 0 Å². The van der Waals surface area contributed by atoms with E-state index in [2.05, 4.69) is 10.6 Å². The molecule has 2 N–H and O–H groups in total. The van der Waals surface area contributed by atoms with Crippen LogP contribution in [0.2, 0.25) is 0 Å². The van der Waals surface area contributed by atoms with Gasteiger partial charge in [-0.1, -0.05) is 12.1 Å². The number of fused-ring (bicyclic) bond motifs is 4. The molecule has 39 heavy (non-hydrogen) atoms. The summed E-state index contributed by atoms with van der Waals surface area (Å²) in [5.41, 5.74) is 0. The highest BCUT2D eigenvalue weighted by atomic mass is 32.1. The minimum Gasteiger partial charge on any atom is -0.508 e. The molecule has 2 aromatic heterocycles. The van der Waals surface area contributed by atoms with E-state index in [0.29, 0.717) is 13.0 Å². The Labute approximate surface area is 235 Å². The third kappa shape index (κ3) is 8.37. The number of ether oxygens (including phenoxy) is 2. The number of amides is 2. The average Bonchev–Trinajstić information content (AvgIpc) is 3.61. The summed E-state index contributed by atoms with van der Waals surface area (Å²) in [5, 5.41) is 9.71. The summed E-state index contributed by atoms with van der Waals surface area (Å²) in [4.78, 5) is 39.8. The number of carbonyl (C=O) groups is 3. The first kappa shape index (κ1) is 28.3. The lowest BCUT2D eigenvalue weighted by molar-refractivity contribution is -0.145. The van der Waals surface area contributed by atoms with E-state index in [1.165, 1.54) is 22.7 Å². The molecular weight excluding hydrogens is 546 g/mol. The average molecular weight is 576 g/mol. The van der Waals surface area contributed by atoms with E-state index < -0.39 is 38.2 Å². The Morgan fingerprint density at radius 2 is 1.44 bits per heavy atom. The zero-order chi connectivity index (χ0) is 27.0. The van der Waals surface area contributed by atoms with Crippen LogP contribution < -0.4 is 10.6 Å². The number of nitrogens with one attached hydrogen (secondary N) is 2. The molecule has 0 aromatic carbocycles. The molecular formula is C24H30B2N2O9S2. The Bertz CT molecular complexity index is 1090. The molecule has 5 rings (SSSR count). The highest BCUT2D eigenvalue weighted by Crippen LogP contribution is 2.19. The molecule has 0 saturated carbocycles. The molecule has 4 unspecified atom stereocenters. The van der Waals surface area contributed by atoms with Gasteiger partial charge in [0.05, 0.1) is 63.8 Å². The molecule has 3 aliphatic heterocycles. The van der Waals surface area contributed by atoms with Gasteiger partial charge in [0, 0.05) is 16.4 Å². The first-order valence-corrected chi connectivity index (χ1v) is 14.7. The lowest BCUT2D eigenvalue weighted by atomic mass is 9.76. The summed E-state index contributed by atoms with van der Waals surface area (Å²) < 4.78 is 35.3. The maximum absolute atomic E-state index is 12.7. The van der Waals surface area contributed by atoms with E-state index in [4.69, 9.17) is 28.1 Å². The van der Waals surface area contributed by atoms with Crippen LogP contribution in [-0.4, -0.2) is 89.1 Å². The second-order valence-corrected chi connectivity index (χ2v) is 11.6. The van der Waals surface area contributed by atoms with E-state index in [9.17, 15) is 14.4 Å². The van der Waals surface area contributed by atoms with Crippen molar-refractivity contribution in [1.29, 1.82) is 0 Å². The van der Waals surface area contributed by atoms with Crippen LogP contribution in [0.25, 0.3) is 0 Å². The van der Waals surface area contributed by atoms with Crippen LogP contribution in [0.3, 0.4) is 0 Å². The zero-order valence-electron chi connectivity index (χ0n) is 21.3. The van der Waals surface area contributed by atoms with Crippen LogP contribution >= 0.6 is 22.7 Å². The standard InChI is InChI=1S/C24H30B2N2O9S2/c29-22(10-18-3-1-7-38-18)27-20-14-33-13-17-9-24(31)37-26(36-17)21(28-23(30)11-19-4-2-8-39-19)15-32-12-16-5-6-34-25(20)35-16/h1-4,7-8,16-17,20-21H,5-6,9-15H2,(H,27,29)(H,28,30). The zero-order valence-corrected chi connectivity index (χ0v) is 22.9. The third-order valence-electron chi connectivity index (χ3n) is 6.40. The van der Waals surface area contributed by atoms with Crippen molar-refractivity contribution in [3.05, 3.63) is 44.8 Å². The molecule has 4 bridgehead atoms. The summed E-state index contributed by atoms with van der Waals surface area (Å²) in [7, 11) is -1.76. The van der Waals surface area contributed by atoms with E-state index in [1.807, 2.05) is 35.0 Å². The first-order valence-electron chi connectivity index (χ1n) is 12.9. The van der Waals surface area contributed by atoms with Crippen molar-refractivity contribution in [2.75, 3.05) is 33.0 Å². The molecule has 0 radical (unpaired) electrons. The van der Waals surface area contributed by atoms with Gasteiger partial charge in [-0.25, -0.2) is 0 Å². The van der Waals surface area contributed by atoms with Gasteiger partial charge < -0.3 is 38.7 Å². The molecule has 3 saturated heterocycles. The van der Waals surface area contributed by atoms with Gasteiger partial charge in [-0.15, -0.1) is 22.7 Å². The van der Waals surface area contributed by atoms with Crippen LogP contribution in [0.15, 0.2) is 35.0 Å². The van der Waals surface area contributed by atoms with Crippen molar-refractivity contribution >= 4 is 54.7 Å². The van der Waals surface area contributed by atoms with E-state index in [-0.39, 0.29) is 63.6 Å². The molecule has 3 fully saturated rings. The number of hydrogen-bond acceptors (Lipinski definition) is 11. The molecule has 4 atom stereocenters. The van der Waals surface area contributed by atoms with Crippen molar-refractivity contribution in [2.24, 2.45) is 0 Å². The Morgan fingerprint density at radius 3 is 2.05 bits per heavy atom. The van der Waals surface area contributed by atoms with Crippen molar-refractivity contribution in [2.45, 2.75) is 49.8 Å². The molecule has 0 aliphatic carbocycles. The van der Waals surface area contributed by atoms with Crippen LogP contribution in [0.1, 0.15) is 22.6 Å². The number of thiophene rings is 2. The van der Waals surface area contributed by atoms with Gasteiger partial charge in [-0.3, -0.25) is 14.4 Å². The molecule has 15 heteroatoms. The van der Waals surface area contributed by atoms with Crippen LogP contribution in [-0.2, 0) is 55.3 Å². The molecule has 3 aliphatic rings. The Morgan fingerprint density at radius 1 is 0.846 bits per heavy atom. The van der Waals surface area contributed by atoms with Crippen molar-refractivity contribution in [3.63, 3.8) is 0 Å². The quantitative estimate of drug-likeness (QED) is 0.480. The summed E-state index contributed by atoms with van der Waals surface area (Å²) in [6, 6.07) is 7.58. The summed E-state index contributed by atoms with van der Waals surface area (Å²) in [5.74, 6) is -2.13. The Balaban J connectivity index is 1.25. The maximum Gasteiger partial charge on any atom is 0.554 e. The van der Waals surface area contributed by atoms with Crippen molar-refractivity contribution in [1.82, 2.24) is 10.6 Å². The fourth-order valence-electron chi connectivity index (χ4n) is 4.54.